The average molecular weight is 273 g/mol. The maximum absolute atomic E-state index is 11.9. The van der Waals surface area contributed by atoms with Crippen LogP contribution in [0, 0.1) is 5.92 Å². The van der Waals surface area contributed by atoms with Crippen LogP contribution in [0.1, 0.15) is 52.9 Å². The van der Waals surface area contributed by atoms with Crippen molar-refractivity contribution in [2.75, 3.05) is 13.7 Å². The van der Waals surface area contributed by atoms with Crippen LogP contribution in [0.4, 0.5) is 4.79 Å². The molecule has 0 saturated heterocycles. The second-order valence-corrected chi connectivity index (χ2v) is 5.05. The second-order valence-electron chi connectivity index (χ2n) is 5.05. The van der Waals surface area contributed by atoms with Gasteiger partial charge in [-0.15, -0.1) is 0 Å². The number of nitrogens with one attached hydrogen (secondary N) is 1. The van der Waals surface area contributed by atoms with Gasteiger partial charge >= 0.3 is 12.1 Å². The van der Waals surface area contributed by atoms with Crippen molar-refractivity contribution in [2.24, 2.45) is 5.92 Å². The van der Waals surface area contributed by atoms with Crippen LogP contribution in [0.15, 0.2) is 0 Å². The van der Waals surface area contributed by atoms with Crippen LogP contribution in [0.2, 0.25) is 0 Å². The average Bonchev–Trinajstić information content (AvgIpc) is 2.36. The zero-order valence-corrected chi connectivity index (χ0v) is 12.5. The highest BCUT2D eigenvalue weighted by Gasteiger charge is 2.23. The Labute approximate surface area is 116 Å². The van der Waals surface area contributed by atoms with Gasteiger partial charge in [0.15, 0.2) is 0 Å². The lowest BCUT2D eigenvalue weighted by Crippen LogP contribution is -2.42. The van der Waals surface area contributed by atoms with Crippen LogP contribution in [0.3, 0.4) is 0 Å². The number of unbranched alkanes of at least 4 members (excludes halogenated alkanes) is 3. The summed E-state index contributed by atoms with van der Waals surface area (Å²) in [6, 6.07) is -0.626. The number of hydrogen-bond donors (Lipinski definition) is 1. The van der Waals surface area contributed by atoms with Crippen molar-refractivity contribution >= 4 is 12.1 Å². The number of hydrogen-bond acceptors (Lipinski definition) is 4. The largest absolute Gasteiger partial charge is 0.464 e. The maximum Gasteiger partial charge on any atom is 0.407 e. The van der Waals surface area contributed by atoms with Gasteiger partial charge in [0.2, 0.25) is 0 Å². The molecule has 0 aromatic carbocycles. The summed E-state index contributed by atoms with van der Waals surface area (Å²) in [6.45, 7) is 6.52. The molecule has 0 aliphatic carbocycles. The normalized spacial score (nSPS) is 12.1. The monoisotopic (exact) mass is 273 g/mol. The summed E-state index contributed by atoms with van der Waals surface area (Å²) in [7, 11) is 1.28. The Morgan fingerprint density at radius 2 is 1.84 bits per heavy atom. The van der Waals surface area contributed by atoms with Gasteiger partial charge in [-0.2, -0.15) is 0 Å². The fourth-order valence-electron chi connectivity index (χ4n) is 1.69. The van der Waals surface area contributed by atoms with Crippen molar-refractivity contribution in [3.63, 3.8) is 0 Å². The van der Waals surface area contributed by atoms with E-state index in [1.807, 2.05) is 13.8 Å². The number of ether oxygens (including phenoxy) is 2. The lowest BCUT2D eigenvalue weighted by molar-refractivity contribution is -0.146. The summed E-state index contributed by atoms with van der Waals surface area (Å²) in [5.41, 5.74) is 0. The number of alkyl carbamates (subject to hydrolysis) is 1. The molecular weight excluding hydrogens is 246 g/mol. The van der Waals surface area contributed by atoms with Gasteiger partial charge in [0.05, 0.1) is 13.7 Å². The van der Waals surface area contributed by atoms with Crippen LogP contribution in [-0.2, 0) is 14.3 Å². The summed E-state index contributed by atoms with van der Waals surface area (Å²) in [5, 5.41) is 2.51. The molecule has 112 valence electrons. The number of carbonyl (C=O) groups excluding carboxylic acids is 2. The van der Waals surface area contributed by atoms with Gasteiger partial charge in [0.1, 0.15) is 6.04 Å². The minimum absolute atomic E-state index is 0.287. The van der Waals surface area contributed by atoms with Crippen molar-refractivity contribution < 1.29 is 19.1 Å². The molecule has 0 aromatic heterocycles. The number of rotatable bonds is 9. The summed E-state index contributed by atoms with van der Waals surface area (Å²) in [5.74, 6) is -0.0922. The van der Waals surface area contributed by atoms with E-state index in [1.54, 1.807) is 0 Å². The molecule has 0 fully saturated rings. The second kappa shape index (κ2) is 10.6. The first-order valence-corrected chi connectivity index (χ1v) is 7.02. The fourth-order valence-corrected chi connectivity index (χ4v) is 1.69. The van der Waals surface area contributed by atoms with Crippen LogP contribution in [0.5, 0.6) is 0 Å². The van der Waals surface area contributed by atoms with Crippen molar-refractivity contribution in [1.82, 2.24) is 5.32 Å². The van der Waals surface area contributed by atoms with Gasteiger partial charge in [0, 0.05) is 0 Å². The molecule has 0 aliphatic heterocycles. The van der Waals surface area contributed by atoms with E-state index >= 15 is 0 Å². The fraction of sp³-hybridized carbons (Fsp3) is 0.857. The van der Waals surface area contributed by atoms with Crippen molar-refractivity contribution in [1.29, 1.82) is 0 Å². The molecule has 1 N–H and O–H groups in total. The molecule has 0 bridgehead atoms. The summed E-state index contributed by atoms with van der Waals surface area (Å²) in [6.07, 6.45) is 4.16. The third-order valence-corrected chi connectivity index (χ3v) is 2.71. The molecule has 0 spiro atoms. The molecule has 1 atom stereocenters. The highest BCUT2D eigenvalue weighted by atomic mass is 16.5. The minimum Gasteiger partial charge on any atom is -0.464 e. The molecule has 0 saturated carbocycles. The number of carbonyl (C=O) groups is 2. The van der Waals surface area contributed by atoms with E-state index in [9.17, 15) is 9.59 Å². The highest BCUT2D eigenvalue weighted by Crippen LogP contribution is 2.08. The van der Waals surface area contributed by atoms with Crippen molar-refractivity contribution in [3.05, 3.63) is 0 Å². The first-order chi connectivity index (χ1) is 9.01. The van der Waals surface area contributed by atoms with Gasteiger partial charge in [-0.1, -0.05) is 40.0 Å². The SMILES string of the molecule is CCCCCCOC(=O)[C@H](CC(C)C)NC(=O)OC. The third-order valence-electron chi connectivity index (χ3n) is 2.71. The van der Waals surface area contributed by atoms with Crippen LogP contribution < -0.4 is 5.32 Å². The zero-order valence-electron chi connectivity index (χ0n) is 12.5. The summed E-state index contributed by atoms with van der Waals surface area (Å²) >= 11 is 0. The molecule has 5 nitrogen and oxygen atoms in total. The molecular formula is C14H27NO4. The Morgan fingerprint density at radius 1 is 1.16 bits per heavy atom. The summed E-state index contributed by atoms with van der Waals surface area (Å²) in [4.78, 5) is 23.1. The molecule has 1 amide bonds. The van der Waals surface area contributed by atoms with Gasteiger partial charge in [0.25, 0.3) is 0 Å². The Morgan fingerprint density at radius 3 is 2.37 bits per heavy atom. The van der Waals surface area contributed by atoms with E-state index < -0.39 is 12.1 Å². The lowest BCUT2D eigenvalue weighted by Gasteiger charge is -2.18. The van der Waals surface area contributed by atoms with Crippen molar-refractivity contribution in [3.8, 4) is 0 Å². The Hall–Kier alpha value is -1.26. The zero-order chi connectivity index (χ0) is 14.7. The quantitative estimate of drug-likeness (QED) is 0.518. The number of methoxy groups -OCH3 is 1. The Bertz CT molecular complexity index is 266. The topological polar surface area (TPSA) is 64.6 Å². The molecule has 0 aromatic rings. The molecule has 0 radical (unpaired) electrons. The standard InChI is InChI=1S/C14H27NO4/c1-5-6-7-8-9-19-13(16)12(10-11(2)3)15-14(17)18-4/h11-12H,5-10H2,1-4H3,(H,15,17)/t12-/m0/s1. The van der Waals surface area contributed by atoms with Gasteiger partial charge < -0.3 is 14.8 Å². The minimum atomic E-state index is -0.626. The first kappa shape index (κ1) is 17.7. The lowest BCUT2D eigenvalue weighted by atomic mass is 10.0. The Kier molecular flexibility index (Phi) is 9.94. The van der Waals surface area contributed by atoms with Crippen LogP contribution in [-0.4, -0.2) is 31.8 Å². The number of esters is 1. The van der Waals surface area contributed by atoms with Gasteiger partial charge in [-0.05, 0) is 18.8 Å². The Balaban J connectivity index is 4.11. The van der Waals surface area contributed by atoms with E-state index in [2.05, 4.69) is 17.0 Å². The predicted octanol–water partition coefficient (Wildman–Crippen LogP) is 2.88. The molecule has 0 aliphatic rings. The van der Waals surface area contributed by atoms with E-state index in [0.29, 0.717) is 13.0 Å². The first-order valence-electron chi connectivity index (χ1n) is 7.02. The highest BCUT2D eigenvalue weighted by molar-refractivity contribution is 5.81. The van der Waals surface area contributed by atoms with Crippen LogP contribution >= 0.6 is 0 Å². The van der Waals surface area contributed by atoms with E-state index in [0.717, 1.165) is 25.7 Å². The molecule has 19 heavy (non-hydrogen) atoms. The summed E-state index contributed by atoms with van der Waals surface area (Å²) < 4.78 is 9.70. The number of amides is 1. The molecule has 5 heteroatoms. The van der Waals surface area contributed by atoms with Gasteiger partial charge in [-0.3, -0.25) is 0 Å². The predicted molar refractivity (Wildman–Crippen MR) is 73.9 cm³/mol. The molecule has 0 unspecified atom stereocenters. The molecule has 0 heterocycles. The smallest absolute Gasteiger partial charge is 0.407 e. The van der Waals surface area contributed by atoms with Crippen molar-refractivity contribution in [2.45, 2.75) is 58.9 Å². The van der Waals surface area contributed by atoms with Gasteiger partial charge in [-0.25, -0.2) is 9.59 Å². The van der Waals surface area contributed by atoms with E-state index in [1.165, 1.54) is 7.11 Å². The molecule has 0 rings (SSSR count). The maximum atomic E-state index is 11.9. The van der Waals surface area contributed by atoms with E-state index in [4.69, 9.17) is 4.74 Å². The van der Waals surface area contributed by atoms with Crippen LogP contribution in [0.25, 0.3) is 0 Å². The third kappa shape index (κ3) is 9.33. The van der Waals surface area contributed by atoms with E-state index in [-0.39, 0.29) is 11.9 Å².